The Morgan fingerprint density at radius 2 is 2.05 bits per heavy atom. The van der Waals surface area contributed by atoms with Gasteiger partial charge in [-0.2, -0.15) is 0 Å². The molecule has 2 aliphatic rings. The molecule has 3 rings (SSSR count). The Morgan fingerprint density at radius 1 is 1.30 bits per heavy atom. The molecule has 2 N–H and O–H groups in total. The smallest absolute Gasteiger partial charge is 0.162 e. The van der Waals surface area contributed by atoms with E-state index in [0.717, 1.165) is 27.9 Å². The number of nitrogen functional groups attached to an aromatic ring is 1. The van der Waals surface area contributed by atoms with Gasteiger partial charge in [0.25, 0.3) is 0 Å². The van der Waals surface area contributed by atoms with Gasteiger partial charge in [-0.05, 0) is 60.6 Å². The molecule has 2 saturated carbocycles. The topological polar surface area (TPSA) is 61.0 Å². The van der Waals surface area contributed by atoms with Crippen LogP contribution in [0.2, 0.25) is 0 Å². The molecular formula is C15H22IN3O. The third-order valence-corrected chi connectivity index (χ3v) is 5.73. The van der Waals surface area contributed by atoms with Gasteiger partial charge in [-0.1, -0.05) is 13.3 Å². The number of hydrogen-bond acceptors (Lipinski definition) is 4. The van der Waals surface area contributed by atoms with Crippen molar-refractivity contribution in [1.29, 1.82) is 0 Å². The highest BCUT2D eigenvalue weighted by molar-refractivity contribution is 14.1. The lowest BCUT2D eigenvalue weighted by Gasteiger charge is -2.37. The molecular weight excluding hydrogens is 365 g/mol. The van der Waals surface area contributed by atoms with Crippen LogP contribution in [0.4, 0.5) is 5.82 Å². The zero-order chi connectivity index (χ0) is 14.3. The van der Waals surface area contributed by atoms with Gasteiger partial charge in [-0.3, -0.25) is 0 Å². The average molecular weight is 387 g/mol. The third kappa shape index (κ3) is 2.54. The highest BCUT2D eigenvalue weighted by Crippen LogP contribution is 2.45. The van der Waals surface area contributed by atoms with E-state index in [1.54, 1.807) is 7.11 Å². The van der Waals surface area contributed by atoms with Gasteiger partial charge in [0.2, 0.25) is 0 Å². The Balaban J connectivity index is 2.03. The summed E-state index contributed by atoms with van der Waals surface area (Å²) in [6, 6.07) is 0. The van der Waals surface area contributed by atoms with Gasteiger partial charge < -0.3 is 10.5 Å². The van der Waals surface area contributed by atoms with Gasteiger partial charge in [0.05, 0.1) is 9.26 Å². The second-order valence-corrected chi connectivity index (χ2v) is 7.38. The van der Waals surface area contributed by atoms with Gasteiger partial charge in [0, 0.05) is 13.0 Å². The van der Waals surface area contributed by atoms with E-state index in [9.17, 15) is 0 Å². The van der Waals surface area contributed by atoms with Crippen LogP contribution in [0.15, 0.2) is 0 Å². The van der Waals surface area contributed by atoms with E-state index in [0.29, 0.717) is 17.7 Å². The first kappa shape index (κ1) is 14.5. The maximum absolute atomic E-state index is 6.13. The minimum absolute atomic E-state index is 0.334. The molecule has 0 radical (unpaired) electrons. The van der Waals surface area contributed by atoms with E-state index >= 15 is 0 Å². The van der Waals surface area contributed by atoms with Gasteiger partial charge in [0.1, 0.15) is 11.4 Å². The largest absolute Gasteiger partial charge is 0.383 e. The summed E-state index contributed by atoms with van der Waals surface area (Å²) in [5.41, 5.74) is 6.94. The molecule has 0 aromatic carbocycles. The Labute approximate surface area is 134 Å². The molecule has 1 aromatic rings. The van der Waals surface area contributed by atoms with E-state index in [-0.39, 0.29) is 5.60 Å². The number of ether oxygens (including phenoxy) is 1. The number of nitrogens with two attached hydrogens (primary N) is 1. The number of methoxy groups -OCH3 is 1. The molecule has 110 valence electrons. The molecule has 20 heavy (non-hydrogen) atoms. The van der Waals surface area contributed by atoms with Crippen LogP contribution in [-0.4, -0.2) is 17.1 Å². The number of hydrogen-bond donors (Lipinski definition) is 1. The SMILES string of the molecule is COC1(c2nc(N)c(I)c(C3CC3)n2)CCCC(C)C1. The zero-order valence-corrected chi connectivity index (χ0v) is 14.3. The maximum atomic E-state index is 6.13. The number of halogens is 1. The predicted octanol–water partition coefficient (Wildman–Crippen LogP) is 3.59. The summed E-state index contributed by atoms with van der Waals surface area (Å²) in [6.07, 6.45) is 6.87. The van der Waals surface area contributed by atoms with Crippen molar-refractivity contribution >= 4 is 28.4 Å². The van der Waals surface area contributed by atoms with Crippen molar-refractivity contribution in [3.63, 3.8) is 0 Å². The first-order valence-electron chi connectivity index (χ1n) is 7.44. The van der Waals surface area contributed by atoms with Crippen molar-refractivity contribution in [2.45, 2.75) is 57.0 Å². The molecule has 0 saturated heterocycles. The molecule has 1 aromatic heterocycles. The molecule has 0 aliphatic heterocycles. The number of anilines is 1. The number of nitrogens with zero attached hydrogens (tertiary/aromatic N) is 2. The van der Waals surface area contributed by atoms with E-state index in [2.05, 4.69) is 34.5 Å². The Kier molecular flexibility index (Phi) is 3.92. The summed E-state index contributed by atoms with van der Waals surface area (Å²) in [5, 5.41) is 0. The van der Waals surface area contributed by atoms with Crippen LogP contribution in [0.25, 0.3) is 0 Å². The fourth-order valence-electron chi connectivity index (χ4n) is 3.30. The van der Waals surface area contributed by atoms with Crippen LogP contribution < -0.4 is 5.73 Å². The Morgan fingerprint density at radius 3 is 2.65 bits per heavy atom. The molecule has 2 atom stereocenters. The van der Waals surface area contributed by atoms with E-state index in [4.69, 9.17) is 15.5 Å². The van der Waals surface area contributed by atoms with Crippen molar-refractivity contribution < 1.29 is 4.74 Å². The molecule has 1 heterocycles. The van der Waals surface area contributed by atoms with Crippen molar-refractivity contribution in [2.24, 2.45) is 5.92 Å². The van der Waals surface area contributed by atoms with Crippen LogP contribution in [-0.2, 0) is 10.3 Å². The minimum Gasteiger partial charge on any atom is -0.383 e. The summed E-state index contributed by atoms with van der Waals surface area (Å²) in [5.74, 6) is 2.66. The lowest BCUT2D eigenvalue weighted by Crippen LogP contribution is -2.36. The third-order valence-electron chi connectivity index (χ3n) is 4.62. The zero-order valence-electron chi connectivity index (χ0n) is 12.2. The lowest BCUT2D eigenvalue weighted by molar-refractivity contribution is -0.0646. The second kappa shape index (κ2) is 5.40. The summed E-state index contributed by atoms with van der Waals surface area (Å²) < 4.78 is 6.93. The molecule has 2 unspecified atom stereocenters. The first-order valence-corrected chi connectivity index (χ1v) is 8.52. The molecule has 5 heteroatoms. The summed E-state index contributed by atoms with van der Waals surface area (Å²) in [7, 11) is 1.78. The van der Waals surface area contributed by atoms with Crippen LogP contribution in [0.3, 0.4) is 0 Å². The van der Waals surface area contributed by atoms with Gasteiger partial charge in [-0.25, -0.2) is 9.97 Å². The molecule has 0 bridgehead atoms. The number of rotatable bonds is 3. The molecule has 2 fully saturated rings. The Bertz CT molecular complexity index is 518. The first-order chi connectivity index (χ1) is 9.55. The molecule has 0 spiro atoms. The number of aromatic nitrogens is 2. The van der Waals surface area contributed by atoms with E-state index in [1.807, 2.05) is 0 Å². The molecule has 4 nitrogen and oxygen atoms in total. The summed E-state index contributed by atoms with van der Waals surface area (Å²) in [4.78, 5) is 9.45. The lowest BCUT2D eigenvalue weighted by atomic mass is 9.78. The highest BCUT2D eigenvalue weighted by atomic mass is 127. The minimum atomic E-state index is -0.334. The van der Waals surface area contributed by atoms with Gasteiger partial charge in [0.15, 0.2) is 5.82 Å². The van der Waals surface area contributed by atoms with Crippen LogP contribution in [0.1, 0.15) is 62.9 Å². The van der Waals surface area contributed by atoms with Crippen molar-refractivity contribution in [1.82, 2.24) is 9.97 Å². The quantitative estimate of drug-likeness (QED) is 0.806. The van der Waals surface area contributed by atoms with E-state index < -0.39 is 0 Å². The van der Waals surface area contributed by atoms with Crippen molar-refractivity contribution in [3.8, 4) is 0 Å². The summed E-state index contributed by atoms with van der Waals surface area (Å²) >= 11 is 2.28. The van der Waals surface area contributed by atoms with E-state index in [1.165, 1.54) is 25.7 Å². The standard InChI is InChI=1S/C15H22IN3O/c1-9-4-3-7-15(8-9,20-2)14-18-12(10-5-6-10)11(16)13(17)19-14/h9-10H,3-8H2,1-2H3,(H2,17,18,19). The molecule has 2 aliphatic carbocycles. The molecule has 0 amide bonds. The van der Waals surface area contributed by atoms with Gasteiger partial charge in [-0.15, -0.1) is 0 Å². The normalized spacial score (nSPS) is 30.4. The van der Waals surface area contributed by atoms with Gasteiger partial charge >= 0.3 is 0 Å². The highest BCUT2D eigenvalue weighted by Gasteiger charge is 2.41. The van der Waals surface area contributed by atoms with Crippen LogP contribution >= 0.6 is 22.6 Å². The maximum Gasteiger partial charge on any atom is 0.162 e. The van der Waals surface area contributed by atoms with Crippen molar-refractivity contribution in [3.05, 3.63) is 15.1 Å². The Hall–Kier alpha value is -0.430. The predicted molar refractivity (Wildman–Crippen MR) is 87.5 cm³/mol. The summed E-state index contributed by atoms with van der Waals surface area (Å²) in [6.45, 7) is 2.28. The monoisotopic (exact) mass is 387 g/mol. The van der Waals surface area contributed by atoms with Crippen molar-refractivity contribution in [2.75, 3.05) is 12.8 Å². The fourth-order valence-corrected chi connectivity index (χ4v) is 3.98. The average Bonchev–Trinajstić information content (AvgIpc) is 3.26. The van der Waals surface area contributed by atoms with Crippen LogP contribution in [0.5, 0.6) is 0 Å². The van der Waals surface area contributed by atoms with Crippen LogP contribution in [0, 0.1) is 9.49 Å². The fraction of sp³-hybridized carbons (Fsp3) is 0.733. The second-order valence-electron chi connectivity index (χ2n) is 6.31.